The standard InChI is InChI=1S/C33H40N4O3/c1-6-7-11-31(38-27-16-14-23(15-17-27)32(34)36-21(2)3)39-28-10-8-9-24(18-28)29-19-25-12-13-26(20-30(25)40-29)33(35)37-22(4)5/h8-10,12-22,31H,6-7,11H2,1-5H3,(H2,34,36)(H2,35,37). The van der Waals surface area contributed by atoms with Gasteiger partial charge in [0.2, 0.25) is 6.29 Å². The molecule has 0 saturated heterocycles. The van der Waals surface area contributed by atoms with Crippen molar-refractivity contribution in [3.63, 3.8) is 0 Å². The summed E-state index contributed by atoms with van der Waals surface area (Å²) in [5.74, 6) is 3.19. The molecule has 1 heterocycles. The maximum Gasteiger partial charge on any atom is 0.241 e. The molecular formula is C33H40N4O3. The highest BCUT2D eigenvalue weighted by Gasteiger charge is 2.15. The quantitative estimate of drug-likeness (QED) is 0.111. The molecule has 0 spiro atoms. The molecule has 1 atom stereocenters. The molecule has 4 N–H and O–H groups in total. The van der Waals surface area contributed by atoms with Gasteiger partial charge in [0.1, 0.15) is 34.5 Å². The predicted octanol–water partition coefficient (Wildman–Crippen LogP) is 7.30. The number of nitrogens with zero attached hydrogens (tertiary/aromatic N) is 2. The van der Waals surface area contributed by atoms with E-state index in [0.717, 1.165) is 52.7 Å². The predicted molar refractivity (Wildman–Crippen MR) is 164 cm³/mol. The molecule has 0 fully saturated rings. The SMILES string of the molecule is CCCCC(Oc1ccc(C(N)=NC(C)C)cc1)Oc1cccc(-c2cc3ccc(C(N)=NC(C)C)cc3o2)c1. The summed E-state index contributed by atoms with van der Waals surface area (Å²) >= 11 is 0. The number of furan rings is 1. The number of fused-ring (bicyclic) bond motifs is 1. The zero-order valence-electron chi connectivity index (χ0n) is 24.1. The van der Waals surface area contributed by atoms with Gasteiger partial charge in [-0.2, -0.15) is 0 Å². The van der Waals surface area contributed by atoms with Crippen molar-refractivity contribution in [1.82, 2.24) is 0 Å². The van der Waals surface area contributed by atoms with Crippen molar-refractivity contribution in [1.29, 1.82) is 0 Å². The topological polar surface area (TPSA) is 108 Å². The van der Waals surface area contributed by atoms with E-state index in [9.17, 15) is 0 Å². The molecule has 4 aromatic rings. The lowest BCUT2D eigenvalue weighted by atomic mass is 10.1. The normalized spacial score (nSPS) is 13.3. The van der Waals surface area contributed by atoms with Gasteiger partial charge < -0.3 is 25.4 Å². The molecular weight excluding hydrogens is 500 g/mol. The Morgan fingerprint density at radius 2 is 1.43 bits per heavy atom. The fourth-order valence-corrected chi connectivity index (χ4v) is 4.28. The first-order valence-electron chi connectivity index (χ1n) is 14.0. The van der Waals surface area contributed by atoms with Gasteiger partial charge in [-0.3, -0.25) is 9.98 Å². The third-order valence-corrected chi connectivity index (χ3v) is 6.21. The van der Waals surface area contributed by atoms with E-state index in [4.69, 9.17) is 25.4 Å². The van der Waals surface area contributed by atoms with Crippen LogP contribution >= 0.6 is 0 Å². The van der Waals surface area contributed by atoms with Gasteiger partial charge in [-0.15, -0.1) is 0 Å². The zero-order valence-corrected chi connectivity index (χ0v) is 24.1. The van der Waals surface area contributed by atoms with Crippen molar-refractivity contribution >= 4 is 22.6 Å². The van der Waals surface area contributed by atoms with Crippen molar-refractivity contribution in [2.45, 2.75) is 72.3 Å². The molecule has 40 heavy (non-hydrogen) atoms. The molecule has 7 heteroatoms. The molecule has 0 aliphatic heterocycles. The summed E-state index contributed by atoms with van der Waals surface area (Å²) in [7, 11) is 0. The van der Waals surface area contributed by atoms with Crippen LogP contribution in [0.2, 0.25) is 0 Å². The number of hydrogen-bond donors (Lipinski definition) is 2. The third kappa shape index (κ3) is 7.65. The van der Waals surface area contributed by atoms with Gasteiger partial charge in [0.15, 0.2) is 0 Å². The summed E-state index contributed by atoms with van der Waals surface area (Å²) in [5, 5.41) is 0.995. The molecule has 4 rings (SSSR count). The number of aliphatic imine (C=N–C) groups is 2. The first-order valence-corrected chi connectivity index (χ1v) is 14.0. The van der Waals surface area contributed by atoms with Crippen LogP contribution in [0.15, 0.2) is 87.2 Å². The van der Waals surface area contributed by atoms with Gasteiger partial charge in [-0.05, 0) is 82.6 Å². The minimum atomic E-state index is -0.441. The first kappa shape index (κ1) is 28.7. The van der Waals surface area contributed by atoms with E-state index >= 15 is 0 Å². The molecule has 3 aromatic carbocycles. The van der Waals surface area contributed by atoms with Gasteiger partial charge in [-0.1, -0.05) is 37.6 Å². The Morgan fingerprint density at radius 3 is 2.10 bits per heavy atom. The van der Waals surface area contributed by atoms with Crippen LogP contribution in [0.5, 0.6) is 11.5 Å². The second kappa shape index (κ2) is 13.2. The zero-order chi connectivity index (χ0) is 28.6. The van der Waals surface area contributed by atoms with E-state index in [1.807, 2.05) is 100 Å². The van der Waals surface area contributed by atoms with E-state index in [1.165, 1.54) is 0 Å². The molecule has 210 valence electrons. The Kier molecular flexibility index (Phi) is 9.48. The van der Waals surface area contributed by atoms with E-state index < -0.39 is 6.29 Å². The summed E-state index contributed by atoms with van der Waals surface area (Å²) in [5.41, 5.74) is 15.7. The highest BCUT2D eigenvalue weighted by molar-refractivity contribution is 6.00. The molecule has 7 nitrogen and oxygen atoms in total. The van der Waals surface area contributed by atoms with E-state index in [1.54, 1.807) is 0 Å². The summed E-state index contributed by atoms with van der Waals surface area (Å²) in [4.78, 5) is 8.86. The van der Waals surface area contributed by atoms with Gasteiger partial charge >= 0.3 is 0 Å². The third-order valence-electron chi connectivity index (χ3n) is 6.21. The lowest BCUT2D eigenvalue weighted by molar-refractivity contribution is -0.00209. The van der Waals surface area contributed by atoms with Gasteiger partial charge in [0, 0.05) is 40.6 Å². The minimum absolute atomic E-state index is 0.123. The molecule has 0 aliphatic rings. The second-order valence-electron chi connectivity index (χ2n) is 10.4. The van der Waals surface area contributed by atoms with Crippen LogP contribution in [-0.2, 0) is 0 Å². The van der Waals surface area contributed by atoms with Crippen LogP contribution in [0.1, 0.15) is 65.0 Å². The smallest absolute Gasteiger partial charge is 0.241 e. The van der Waals surface area contributed by atoms with Crippen molar-refractivity contribution in [2.24, 2.45) is 21.5 Å². The molecule has 1 unspecified atom stereocenters. The fourth-order valence-electron chi connectivity index (χ4n) is 4.28. The number of unbranched alkanes of at least 4 members (excludes halogenated alkanes) is 1. The van der Waals surface area contributed by atoms with E-state index in [0.29, 0.717) is 23.2 Å². The molecule has 0 aliphatic carbocycles. The highest BCUT2D eigenvalue weighted by Crippen LogP contribution is 2.31. The average Bonchev–Trinajstić information content (AvgIpc) is 3.35. The molecule has 0 radical (unpaired) electrons. The van der Waals surface area contributed by atoms with Crippen LogP contribution in [0.3, 0.4) is 0 Å². The van der Waals surface area contributed by atoms with Gasteiger partial charge in [0.25, 0.3) is 0 Å². The van der Waals surface area contributed by atoms with Crippen LogP contribution in [-0.4, -0.2) is 30.0 Å². The van der Waals surface area contributed by atoms with Crippen LogP contribution < -0.4 is 20.9 Å². The lowest BCUT2D eigenvalue weighted by Crippen LogP contribution is -2.24. The van der Waals surface area contributed by atoms with Crippen LogP contribution in [0.25, 0.3) is 22.3 Å². The molecule has 0 amide bonds. The Bertz CT molecular complexity index is 1470. The Hall–Kier alpha value is -4.26. The number of hydrogen-bond acceptors (Lipinski definition) is 5. The number of nitrogens with two attached hydrogens (primary N) is 2. The molecule has 1 aromatic heterocycles. The summed E-state index contributed by atoms with van der Waals surface area (Å²) in [6.45, 7) is 10.1. The number of rotatable bonds is 12. The highest BCUT2D eigenvalue weighted by atomic mass is 16.7. The number of ether oxygens (including phenoxy) is 2. The first-order chi connectivity index (χ1) is 19.2. The second-order valence-corrected chi connectivity index (χ2v) is 10.4. The average molecular weight is 541 g/mol. The number of benzene rings is 3. The van der Waals surface area contributed by atoms with Crippen LogP contribution in [0, 0.1) is 0 Å². The molecule has 0 bridgehead atoms. The van der Waals surface area contributed by atoms with Gasteiger partial charge in [-0.25, -0.2) is 0 Å². The van der Waals surface area contributed by atoms with Crippen LogP contribution in [0.4, 0.5) is 0 Å². The maximum absolute atomic E-state index is 6.33. The van der Waals surface area contributed by atoms with Crippen molar-refractivity contribution in [3.05, 3.63) is 83.9 Å². The molecule has 0 saturated carbocycles. The summed E-state index contributed by atoms with van der Waals surface area (Å²) < 4.78 is 18.8. The minimum Gasteiger partial charge on any atom is -0.456 e. The summed E-state index contributed by atoms with van der Waals surface area (Å²) in [6.07, 6.45) is 2.33. The lowest BCUT2D eigenvalue weighted by Gasteiger charge is -2.21. The summed E-state index contributed by atoms with van der Waals surface area (Å²) in [6, 6.07) is 23.7. The number of amidine groups is 2. The monoisotopic (exact) mass is 540 g/mol. The fraction of sp³-hybridized carbons (Fsp3) is 0.333. The van der Waals surface area contributed by atoms with Gasteiger partial charge in [0.05, 0.1) is 0 Å². The largest absolute Gasteiger partial charge is 0.456 e. The Labute approximate surface area is 236 Å². The van der Waals surface area contributed by atoms with E-state index in [-0.39, 0.29) is 12.1 Å². The van der Waals surface area contributed by atoms with Crippen molar-refractivity contribution < 1.29 is 13.9 Å². The van der Waals surface area contributed by atoms with E-state index in [2.05, 4.69) is 16.9 Å². The Morgan fingerprint density at radius 1 is 0.775 bits per heavy atom. The van der Waals surface area contributed by atoms with Crippen molar-refractivity contribution in [2.75, 3.05) is 0 Å². The maximum atomic E-state index is 6.33. The Balaban J connectivity index is 1.52. The van der Waals surface area contributed by atoms with Crippen molar-refractivity contribution in [3.8, 4) is 22.8 Å².